The topological polar surface area (TPSA) is 0 Å². The van der Waals surface area contributed by atoms with Crippen LogP contribution in [0.3, 0.4) is 0 Å². The first-order valence-electron chi connectivity index (χ1n) is 4.12. The summed E-state index contributed by atoms with van der Waals surface area (Å²) in [7, 11) is 0. The van der Waals surface area contributed by atoms with Gasteiger partial charge in [0.15, 0.2) is 0 Å². The summed E-state index contributed by atoms with van der Waals surface area (Å²) in [4.78, 5) is 0. The Morgan fingerprint density at radius 3 is 3.00 bits per heavy atom. The first-order valence-corrected chi connectivity index (χ1v) is 4.12. The van der Waals surface area contributed by atoms with E-state index in [0.29, 0.717) is 0 Å². The lowest BCUT2D eigenvalue weighted by atomic mass is 9.89. The molecule has 1 aromatic carbocycles. The molecule has 0 aliphatic heterocycles. The third-order valence-corrected chi connectivity index (χ3v) is 2.24. The van der Waals surface area contributed by atoms with Crippen molar-refractivity contribution in [2.24, 2.45) is 0 Å². The zero-order valence-corrected chi connectivity index (χ0v) is 6.83. The minimum Gasteiger partial charge on any atom is -0.119 e. The zero-order valence-electron chi connectivity index (χ0n) is 6.83. The van der Waals surface area contributed by atoms with Crippen LogP contribution in [0.1, 0.15) is 17.0 Å². The molecule has 2 rings (SSSR count). The first kappa shape index (κ1) is 7.18. The highest BCUT2D eigenvalue weighted by atomic mass is 14.1. The smallest absolute Gasteiger partial charge is 0.0633 e. The van der Waals surface area contributed by atoms with Crippen molar-refractivity contribution >= 4 is 0 Å². The molecule has 12 heavy (non-hydrogen) atoms. The highest BCUT2D eigenvalue weighted by Crippen LogP contribution is 2.25. The summed E-state index contributed by atoms with van der Waals surface area (Å²) in [5.74, 6) is 2.96. The molecule has 0 nitrogen and oxygen atoms in total. The summed E-state index contributed by atoms with van der Waals surface area (Å²) < 4.78 is 0. The number of benzene rings is 1. The molecular formula is C12H10. The maximum Gasteiger partial charge on any atom is 0.0633 e. The average molecular weight is 154 g/mol. The van der Waals surface area contributed by atoms with Crippen LogP contribution in [-0.2, 0) is 6.42 Å². The van der Waals surface area contributed by atoms with Gasteiger partial charge in [-0.05, 0) is 17.5 Å². The molecular weight excluding hydrogens is 144 g/mol. The largest absolute Gasteiger partial charge is 0.119 e. The predicted octanol–water partition coefficient (Wildman–Crippen LogP) is 2.52. The van der Waals surface area contributed by atoms with Crippen molar-refractivity contribution in [3.63, 3.8) is 0 Å². The maximum absolute atomic E-state index is 5.42. The Morgan fingerprint density at radius 2 is 2.17 bits per heavy atom. The van der Waals surface area contributed by atoms with Gasteiger partial charge in [-0.3, -0.25) is 0 Å². The molecule has 0 saturated carbocycles. The summed E-state index contributed by atoms with van der Waals surface area (Å²) >= 11 is 0. The van der Waals surface area contributed by atoms with Gasteiger partial charge in [0.2, 0.25) is 0 Å². The summed E-state index contributed by atoms with van der Waals surface area (Å²) in [6.45, 7) is 0. The van der Waals surface area contributed by atoms with Crippen LogP contribution in [-0.4, -0.2) is 0 Å². The van der Waals surface area contributed by atoms with Crippen LogP contribution in [0, 0.1) is 12.3 Å². The van der Waals surface area contributed by atoms with Crippen molar-refractivity contribution in [2.45, 2.75) is 12.3 Å². The molecule has 1 unspecified atom stereocenters. The summed E-state index contributed by atoms with van der Waals surface area (Å²) in [5.41, 5.74) is 2.66. The van der Waals surface area contributed by atoms with Gasteiger partial charge in [-0.15, -0.1) is 6.42 Å². The molecule has 0 N–H and O–H groups in total. The standard InChI is InChI=1S/C12H10/c1-2-10-7-5-8-11-6-3-4-9-12(10)11/h1,3-7,9-10H,8H2. The molecule has 0 saturated heterocycles. The molecule has 0 heterocycles. The van der Waals surface area contributed by atoms with Crippen LogP contribution >= 0.6 is 0 Å². The van der Waals surface area contributed by atoms with Crippen LogP contribution in [0.5, 0.6) is 0 Å². The van der Waals surface area contributed by atoms with Crippen molar-refractivity contribution < 1.29 is 0 Å². The van der Waals surface area contributed by atoms with E-state index in [0.717, 1.165) is 6.42 Å². The van der Waals surface area contributed by atoms with E-state index in [1.165, 1.54) is 11.1 Å². The molecule has 1 aromatic rings. The lowest BCUT2D eigenvalue weighted by Gasteiger charge is -2.15. The first-order chi connectivity index (χ1) is 5.92. The van der Waals surface area contributed by atoms with Crippen molar-refractivity contribution in [1.29, 1.82) is 0 Å². The highest BCUT2D eigenvalue weighted by Gasteiger charge is 2.11. The van der Waals surface area contributed by atoms with E-state index in [1.54, 1.807) is 0 Å². The molecule has 58 valence electrons. The molecule has 0 aromatic heterocycles. The summed E-state index contributed by atoms with van der Waals surface area (Å²) in [5, 5.41) is 0. The number of rotatable bonds is 0. The SMILES string of the molecule is C#CC1C=CCc2ccccc21. The number of allylic oxidation sites excluding steroid dienone is 2. The van der Waals surface area contributed by atoms with Crippen LogP contribution in [0.15, 0.2) is 36.4 Å². The van der Waals surface area contributed by atoms with Gasteiger partial charge in [-0.1, -0.05) is 42.3 Å². The second-order valence-electron chi connectivity index (χ2n) is 2.98. The summed E-state index contributed by atoms with van der Waals surface area (Å²) in [6, 6.07) is 8.36. The number of hydrogen-bond donors (Lipinski definition) is 0. The lowest BCUT2D eigenvalue weighted by Crippen LogP contribution is -2.01. The number of fused-ring (bicyclic) bond motifs is 1. The minimum atomic E-state index is 0.190. The Kier molecular flexibility index (Phi) is 1.72. The normalized spacial score (nSPS) is 19.8. The lowest BCUT2D eigenvalue weighted by molar-refractivity contribution is 1.02. The highest BCUT2D eigenvalue weighted by molar-refractivity contribution is 5.42. The molecule has 1 atom stereocenters. The van der Waals surface area contributed by atoms with Crippen molar-refractivity contribution in [3.05, 3.63) is 47.5 Å². The van der Waals surface area contributed by atoms with Crippen LogP contribution in [0.25, 0.3) is 0 Å². The van der Waals surface area contributed by atoms with Crippen molar-refractivity contribution in [1.82, 2.24) is 0 Å². The third-order valence-electron chi connectivity index (χ3n) is 2.24. The third kappa shape index (κ3) is 1.04. The monoisotopic (exact) mass is 154 g/mol. The van der Waals surface area contributed by atoms with E-state index >= 15 is 0 Å². The Morgan fingerprint density at radius 1 is 1.33 bits per heavy atom. The maximum atomic E-state index is 5.42. The van der Waals surface area contributed by atoms with Gasteiger partial charge < -0.3 is 0 Å². The Labute approximate surface area is 72.9 Å². The molecule has 0 spiro atoms. The molecule has 0 bridgehead atoms. The van der Waals surface area contributed by atoms with E-state index in [-0.39, 0.29) is 5.92 Å². The number of hydrogen-bond acceptors (Lipinski definition) is 0. The Hall–Kier alpha value is -1.48. The summed E-state index contributed by atoms with van der Waals surface area (Å²) in [6.07, 6.45) is 10.7. The molecule has 0 fully saturated rings. The fourth-order valence-electron chi connectivity index (χ4n) is 1.60. The molecule has 1 aliphatic rings. The quantitative estimate of drug-likeness (QED) is 0.398. The van der Waals surface area contributed by atoms with Gasteiger partial charge in [0.05, 0.1) is 5.92 Å². The van der Waals surface area contributed by atoms with Gasteiger partial charge in [-0.25, -0.2) is 0 Å². The van der Waals surface area contributed by atoms with Crippen LogP contribution < -0.4 is 0 Å². The second-order valence-corrected chi connectivity index (χ2v) is 2.98. The van der Waals surface area contributed by atoms with E-state index in [1.807, 2.05) is 6.07 Å². The molecule has 0 amide bonds. The Balaban J connectivity index is 2.51. The van der Waals surface area contributed by atoms with Crippen molar-refractivity contribution in [3.8, 4) is 12.3 Å². The average Bonchev–Trinajstić information content (AvgIpc) is 2.17. The molecule has 1 aliphatic carbocycles. The fourth-order valence-corrected chi connectivity index (χ4v) is 1.60. The predicted molar refractivity (Wildman–Crippen MR) is 50.9 cm³/mol. The Bertz CT molecular complexity index is 353. The van der Waals surface area contributed by atoms with Crippen LogP contribution in [0.4, 0.5) is 0 Å². The van der Waals surface area contributed by atoms with E-state index < -0.39 is 0 Å². The van der Waals surface area contributed by atoms with E-state index in [2.05, 4.69) is 36.3 Å². The van der Waals surface area contributed by atoms with E-state index in [4.69, 9.17) is 6.42 Å². The van der Waals surface area contributed by atoms with Gasteiger partial charge >= 0.3 is 0 Å². The van der Waals surface area contributed by atoms with Gasteiger partial charge in [0.1, 0.15) is 0 Å². The van der Waals surface area contributed by atoms with E-state index in [9.17, 15) is 0 Å². The molecule has 0 heteroatoms. The second kappa shape index (κ2) is 2.87. The fraction of sp³-hybridized carbons (Fsp3) is 0.167. The minimum absolute atomic E-state index is 0.190. The number of terminal acetylenes is 1. The zero-order chi connectivity index (χ0) is 8.39. The van der Waals surface area contributed by atoms with Gasteiger partial charge in [0, 0.05) is 0 Å². The molecule has 0 radical (unpaired) electrons. The van der Waals surface area contributed by atoms with Crippen LogP contribution in [0.2, 0.25) is 0 Å². The van der Waals surface area contributed by atoms with Gasteiger partial charge in [0.25, 0.3) is 0 Å². The van der Waals surface area contributed by atoms with Gasteiger partial charge in [-0.2, -0.15) is 0 Å². The van der Waals surface area contributed by atoms with Crippen molar-refractivity contribution in [2.75, 3.05) is 0 Å².